The van der Waals surface area contributed by atoms with E-state index in [1.165, 1.54) is 0 Å². The molecular weight excluding hydrogens is 344 g/mol. The van der Waals surface area contributed by atoms with Crippen molar-refractivity contribution in [2.75, 3.05) is 29.0 Å². The fraction of sp³-hybridized carbons (Fsp3) is 0.278. The molecule has 0 saturated heterocycles. The number of hydrogen-bond acceptors (Lipinski definition) is 4. The number of anilines is 3. The number of carbonyl (C=O) groups is 1. The predicted molar refractivity (Wildman–Crippen MR) is 98.3 cm³/mol. The van der Waals surface area contributed by atoms with E-state index < -0.39 is 5.76 Å². The quantitative estimate of drug-likeness (QED) is 0.623. The fourth-order valence-electron chi connectivity index (χ4n) is 3.02. The predicted octanol–water partition coefficient (Wildman–Crippen LogP) is 3.97. The topological polar surface area (TPSA) is 58.4 Å². The number of hydrogen-bond donors (Lipinski definition) is 2. The van der Waals surface area contributed by atoms with Crippen molar-refractivity contribution in [2.45, 2.75) is 23.5 Å². The first-order valence-electron chi connectivity index (χ1n) is 8.00. The highest BCUT2D eigenvalue weighted by Gasteiger charge is 2.21. The third-order valence-corrected chi connectivity index (χ3v) is 4.88. The van der Waals surface area contributed by atoms with Gasteiger partial charge in [0, 0.05) is 22.8 Å². The summed E-state index contributed by atoms with van der Waals surface area (Å²) in [6.07, 6.45) is 1.82. The minimum Gasteiger partial charge on any atom is -0.398 e. The third-order valence-electron chi connectivity index (χ3n) is 4.09. The van der Waals surface area contributed by atoms with E-state index in [2.05, 4.69) is 5.32 Å². The standard InChI is InChI=1S/C18H19F2N3OS/c19-18(20)25-16-9-2-1-7-14(16)22-17(24)11-23-10-4-5-12-13(21)6-3-8-15(12)23/h1-3,6-9,18H,4-5,10-11,21H2,(H,22,24). The van der Waals surface area contributed by atoms with Crippen molar-refractivity contribution in [3.63, 3.8) is 0 Å². The minimum absolute atomic E-state index is 0.157. The summed E-state index contributed by atoms with van der Waals surface area (Å²) in [7, 11) is 0. The van der Waals surface area contributed by atoms with Gasteiger partial charge in [-0.2, -0.15) is 8.78 Å². The molecule has 3 rings (SSSR count). The summed E-state index contributed by atoms with van der Waals surface area (Å²) in [6, 6.07) is 12.3. The SMILES string of the molecule is Nc1cccc2c1CCCN2CC(=O)Nc1ccccc1SC(F)F. The van der Waals surface area contributed by atoms with Gasteiger partial charge >= 0.3 is 0 Å². The highest BCUT2D eigenvalue weighted by atomic mass is 32.2. The van der Waals surface area contributed by atoms with Gasteiger partial charge < -0.3 is 16.0 Å². The minimum atomic E-state index is -2.53. The van der Waals surface area contributed by atoms with Crippen LogP contribution < -0.4 is 16.0 Å². The summed E-state index contributed by atoms with van der Waals surface area (Å²) in [5.41, 5.74) is 9.20. The van der Waals surface area contributed by atoms with E-state index in [1.54, 1.807) is 24.3 Å². The molecule has 3 N–H and O–H groups in total. The van der Waals surface area contributed by atoms with Crippen molar-refractivity contribution in [1.29, 1.82) is 0 Å². The summed E-state index contributed by atoms with van der Waals surface area (Å²) in [5, 5.41) is 2.74. The molecule has 7 heteroatoms. The lowest BCUT2D eigenvalue weighted by Gasteiger charge is -2.31. The van der Waals surface area contributed by atoms with Crippen molar-refractivity contribution >= 4 is 34.7 Å². The molecule has 0 saturated carbocycles. The van der Waals surface area contributed by atoms with E-state index in [-0.39, 0.29) is 12.5 Å². The number of halogens is 2. The summed E-state index contributed by atoms with van der Waals surface area (Å²) >= 11 is 0.425. The smallest absolute Gasteiger partial charge is 0.288 e. The third kappa shape index (κ3) is 4.22. The molecule has 0 atom stereocenters. The number of nitrogens with zero attached hydrogens (tertiary/aromatic N) is 1. The van der Waals surface area contributed by atoms with Crippen LogP contribution in [-0.2, 0) is 11.2 Å². The highest BCUT2D eigenvalue weighted by Crippen LogP contribution is 2.33. The molecule has 1 aliphatic heterocycles. The lowest BCUT2D eigenvalue weighted by Crippen LogP contribution is -2.37. The number of benzene rings is 2. The van der Waals surface area contributed by atoms with Crippen molar-refractivity contribution in [2.24, 2.45) is 0 Å². The van der Waals surface area contributed by atoms with Gasteiger partial charge in [0.05, 0.1) is 12.2 Å². The molecular formula is C18H19F2N3OS. The molecule has 1 heterocycles. The molecule has 0 unspecified atom stereocenters. The van der Waals surface area contributed by atoms with Gasteiger partial charge in [-0.3, -0.25) is 4.79 Å². The average molecular weight is 363 g/mol. The molecule has 1 amide bonds. The zero-order valence-electron chi connectivity index (χ0n) is 13.5. The van der Waals surface area contributed by atoms with Gasteiger partial charge in [0.15, 0.2) is 0 Å². The Morgan fingerprint density at radius 2 is 2.04 bits per heavy atom. The highest BCUT2D eigenvalue weighted by molar-refractivity contribution is 7.99. The lowest BCUT2D eigenvalue weighted by atomic mass is 10.00. The van der Waals surface area contributed by atoms with Crippen molar-refractivity contribution in [3.05, 3.63) is 48.0 Å². The van der Waals surface area contributed by atoms with Crippen LogP contribution in [0.2, 0.25) is 0 Å². The van der Waals surface area contributed by atoms with Crippen LogP contribution in [0.3, 0.4) is 0 Å². The van der Waals surface area contributed by atoms with Crippen LogP contribution in [0.4, 0.5) is 25.8 Å². The van der Waals surface area contributed by atoms with E-state index in [9.17, 15) is 13.6 Å². The first kappa shape index (κ1) is 17.5. The van der Waals surface area contributed by atoms with E-state index >= 15 is 0 Å². The number of amides is 1. The second kappa shape index (κ2) is 7.74. The van der Waals surface area contributed by atoms with Gasteiger partial charge in [-0.1, -0.05) is 30.0 Å². The molecule has 0 aromatic heterocycles. The van der Waals surface area contributed by atoms with Gasteiger partial charge in [-0.15, -0.1) is 0 Å². The van der Waals surface area contributed by atoms with Crippen LogP contribution in [0.5, 0.6) is 0 Å². The lowest BCUT2D eigenvalue weighted by molar-refractivity contribution is -0.115. The number of carbonyl (C=O) groups excluding carboxylic acids is 1. The second-order valence-electron chi connectivity index (χ2n) is 5.79. The zero-order valence-corrected chi connectivity index (χ0v) is 14.4. The number of fused-ring (bicyclic) bond motifs is 1. The fourth-order valence-corrected chi connectivity index (χ4v) is 3.62. The average Bonchev–Trinajstić information content (AvgIpc) is 2.57. The van der Waals surface area contributed by atoms with Gasteiger partial charge in [0.2, 0.25) is 5.91 Å². The zero-order chi connectivity index (χ0) is 17.8. The van der Waals surface area contributed by atoms with Crippen molar-refractivity contribution in [1.82, 2.24) is 0 Å². The second-order valence-corrected chi connectivity index (χ2v) is 6.82. The maximum atomic E-state index is 12.6. The van der Waals surface area contributed by atoms with E-state index in [4.69, 9.17) is 5.73 Å². The van der Waals surface area contributed by atoms with Crippen LogP contribution >= 0.6 is 11.8 Å². The Morgan fingerprint density at radius 1 is 1.24 bits per heavy atom. The number of rotatable bonds is 5. The maximum Gasteiger partial charge on any atom is 0.288 e. The van der Waals surface area contributed by atoms with E-state index in [0.29, 0.717) is 22.3 Å². The molecule has 0 fully saturated rings. The normalized spacial score (nSPS) is 13.6. The van der Waals surface area contributed by atoms with Crippen molar-refractivity contribution in [3.8, 4) is 0 Å². The summed E-state index contributed by atoms with van der Waals surface area (Å²) in [6.45, 7) is 0.918. The van der Waals surface area contributed by atoms with E-state index in [0.717, 1.165) is 36.3 Å². The molecule has 25 heavy (non-hydrogen) atoms. The Labute approximate surface area is 149 Å². The van der Waals surface area contributed by atoms with Crippen LogP contribution in [-0.4, -0.2) is 24.8 Å². The Kier molecular flexibility index (Phi) is 5.43. The largest absolute Gasteiger partial charge is 0.398 e. The number of para-hydroxylation sites is 1. The Hall–Kier alpha value is -2.28. The first-order chi connectivity index (χ1) is 12.0. The molecule has 0 aliphatic carbocycles. The summed E-state index contributed by atoms with van der Waals surface area (Å²) < 4.78 is 25.3. The maximum absolute atomic E-state index is 12.6. The number of nitrogen functional groups attached to an aromatic ring is 1. The van der Waals surface area contributed by atoms with Gasteiger partial charge in [-0.25, -0.2) is 0 Å². The molecule has 2 aromatic carbocycles. The molecule has 132 valence electrons. The molecule has 2 aromatic rings. The number of thioether (sulfide) groups is 1. The van der Waals surface area contributed by atoms with Crippen LogP contribution in [0.1, 0.15) is 12.0 Å². The monoisotopic (exact) mass is 363 g/mol. The molecule has 0 spiro atoms. The van der Waals surface area contributed by atoms with E-state index in [1.807, 2.05) is 23.1 Å². The van der Waals surface area contributed by atoms with Gasteiger partial charge in [-0.05, 0) is 42.7 Å². The van der Waals surface area contributed by atoms with Crippen LogP contribution in [0.25, 0.3) is 0 Å². The van der Waals surface area contributed by atoms with Gasteiger partial charge in [0.25, 0.3) is 5.76 Å². The van der Waals surface area contributed by atoms with Crippen LogP contribution in [0.15, 0.2) is 47.4 Å². The van der Waals surface area contributed by atoms with Gasteiger partial charge in [0.1, 0.15) is 0 Å². The molecule has 0 bridgehead atoms. The number of alkyl halides is 2. The molecule has 1 aliphatic rings. The molecule has 4 nitrogen and oxygen atoms in total. The Morgan fingerprint density at radius 3 is 2.84 bits per heavy atom. The van der Waals surface area contributed by atoms with Crippen LogP contribution in [0, 0.1) is 0 Å². The molecule has 0 radical (unpaired) electrons. The number of nitrogens with two attached hydrogens (primary N) is 1. The number of nitrogens with one attached hydrogen (secondary N) is 1. The summed E-state index contributed by atoms with van der Waals surface area (Å²) in [5.74, 6) is -2.77. The first-order valence-corrected chi connectivity index (χ1v) is 8.88. The van der Waals surface area contributed by atoms with Crippen molar-refractivity contribution < 1.29 is 13.6 Å². The Bertz CT molecular complexity index is 770. The Balaban J connectivity index is 1.72. The summed E-state index contributed by atoms with van der Waals surface area (Å²) in [4.78, 5) is 14.8.